The summed E-state index contributed by atoms with van der Waals surface area (Å²) in [6.45, 7) is 3.31. The van der Waals surface area contributed by atoms with Crippen LogP contribution in [-0.4, -0.2) is 20.3 Å². The van der Waals surface area contributed by atoms with Crippen molar-refractivity contribution in [3.05, 3.63) is 57.6 Å². The summed E-state index contributed by atoms with van der Waals surface area (Å²) in [7, 11) is -2.59. The fourth-order valence-corrected chi connectivity index (χ4v) is 5.33. The van der Waals surface area contributed by atoms with Crippen molar-refractivity contribution in [3.8, 4) is 5.75 Å². The Labute approximate surface area is 182 Å². The molecule has 30 heavy (non-hydrogen) atoms. The zero-order chi connectivity index (χ0) is 22.5. The van der Waals surface area contributed by atoms with Gasteiger partial charge in [-0.05, 0) is 44.2 Å². The van der Waals surface area contributed by atoms with Crippen LogP contribution in [0.2, 0.25) is 10.0 Å². The summed E-state index contributed by atoms with van der Waals surface area (Å²) in [5.74, 6) is -1.10. The third kappa shape index (κ3) is 5.83. The van der Waals surface area contributed by atoms with Crippen LogP contribution in [-0.2, 0) is 19.8 Å². The molecule has 2 rings (SSSR count). The van der Waals surface area contributed by atoms with Crippen LogP contribution in [0.5, 0.6) is 5.75 Å². The highest BCUT2D eigenvalue weighted by Crippen LogP contribution is 2.62. The van der Waals surface area contributed by atoms with Gasteiger partial charge in [-0.1, -0.05) is 29.3 Å². The molecule has 0 amide bonds. The summed E-state index contributed by atoms with van der Waals surface area (Å²) >= 11 is 12.3. The molecule has 0 heterocycles. The molecule has 0 spiro atoms. The largest absolute Gasteiger partial charge is 0.495 e. The number of methoxy groups -OCH3 is 1. The van der Waals surface area contributed by atoms with Crippen LogP contribution in [0.3, 0.4) is 0 Å². The van der Waals surface area contributed by atoms with Gasteiger partial charge in [-0.15, -0.1) is 0 Å². The molecule has 1 N–H and O–H groups in total. The molecule has 0 aliphatic rings. The van der Waals surface area contributed by atoms with Crippen LogP contribution in [0.15, 0.2) is 36.4 Å². The first kappa shape index (κ1) is 24.8. The molecule has 0 aliphatic carbocycles. The van der Waals surface area contributed by atoms with Crippen molar-refractivity contribution in [2.24, 2.45) is 0 Å². The van der Waals surface area contributed by atoms with E-state index in [1.165, 1.54) is 31.4 Å². The number of nitrogens with one attached hydrogen (secondary N) is 1. The first-order valence-electron chi connectivity index (χ1n) is 8.91. The quantitative estimate of drug-likeness (QED) is 0.375. The van der Waals surface area contributed by atoms with Gasteiger partial charge in [0, 0.05) is 16.3 Å². The fraction of sp³-hybridized carbons (Fsp3) is 0.368. The van der Waals surface area contributed by atoms with Crippen LogP contribution in [0.25, 0.3) is 0 Å². The zero-order valence-electron chi connectivity index (χ0n) is 16.4. The van der Waals surface area contributed by atoms with Gasteiger partial charge in [0.2, 0.25) is 0 Å². The van der Waals surface area contributed by atoms with E-state index in [0.717, 1.165) is 12.1 Å². The van der Waals surface area contributed by atoms with Gasteiger partial charge in [0.1, 0.15) is 5.75 Å². The zero-order valence-corrected chi connectivity index (χ0v) is 18.8. The minimum atomic E-state index is -4.55. The van der Waals surface area contributed by atoms with Crippen LogP contribution in [0.1, 0.15) is 30.8 Å². The van der Waals surface area contributed by atoms with Crippen LogP contribution in [0.4, 0.5) is 18.9 Å². The molecule has 0 bridgehead atoms. The maximum Gasteiger partial charge on any atom is 0.416 e. The number of hydrogen-bond donors (Lipinski definition) is 1. The highest BCUT2D eigenvalue weighted by Gasteiger charge is 2.40. The number of alkyl halides is 3. The van der Waals surface area contributed by atoms with Crippen molar-refractivity contribution < 1.29 is 31.5 Å². The van der Waals surface area contributed by atoms with E-state index in [9.17, 15) is 17.7 Å². The number of halogens is 5. The van der Waals surface area contributed by atoms with Gasteiger partial charge in [-0.2, -0.15) is 13.2 Å². The minimum Gasteiger partial charge on any atom is -0.495 e. The summed E-state index contributed by atoms with van der Waals surface area (Å²) in [6, 6.07) is 7.34. The van der Waals surface area contributed by atoms with E-state index >= 15 is 0 Å². The summed E-state index contributed by atoms with van der Waals surface area (Å²) in [5, 5.41) is 3.19. The van der Waals surface area contributed by atoms with E-state index < -0.39 is 25.1 Å². The monoisotopic (exact) mass is 485 g/mol. The molecular formula is C19H21Cl2F3NO4P. The molecular weight excluding hydrogens is 465 g/mol. The molecule has 1 atom stereocenters. The van der Waals surface area contributed by atoms with E-state index in [1.807, 2.05) is 0 Å². The maximum atomic E-state index is 13.6. The lowest BCUT2D eigenvalue weighted by Crippen LogP contribution is -2.17. The van der Waals surface area contributed by atoms with Gasteiger partial charge in [0.15, 0.2) is 5.78 Å². The standard InChI is InChI=1S/C19H21Cl2F3NO4P/c1-4-28-30(26,29-5-2)18(15-10-13(20)11-16(21)17(15)27-3)25-14-8-6-7-12(9-14)19(22,23)24/h6-11,18,25H,4-5H2,1-3H3. The number of hydrogen-bond acceptors (Lipinski definition) is 5. The molecule has 0 aromatic heterocycles. The molecule has 2 aromatic rings. The smallest absolute Gasteiger partial charge is 0.416 e. The predicted molar refractivity (Wildman–Crippen MR) is 112 cm³/mol. The van der Waals surface area contributed by atoms with Gasteiger partial charge >= 0.3 is 13.8 Å². The van der Waals surface area contributed by atoms with Gasteiger partial charge in [-0.25, -0.2) is 0 Å². The van der Waals surface area contributed by atoms with Crippen LogP contribution in [0, 0.1) is 0 Å². The molecule has 0 fully saturated rings. The van der Waals surface area contributed by atoms with Gasteiger partial charge in [0.05, 0.1) is 30.9 Å². The summed E-state index contributed by atoms with van der Waals surface area (Å²) in [4.78, 5) is 0. The second-order valence-electron chi connectivity index (χ2n) is 6.01. The van der Waals surface area contributed by atoms with E-state index in [0.29, 0.717) is 0 Å². The Balaban J connectivity index is 2.66. The number of benzene rings is 2. The first-order valence-corrected chi connectivity index (χ1v) is 11.3. The molecule has 166 valence electrons. The van der Waals surface area contributed by atoms with Crippen molar-refractivity contribution in [2.75, 3.05) is 25.6 Å². The Morgan fingerprint density at radius 3 is 2.27 bits per heavy atom. The summed E-state index contributed by atoms with van der Waals surface area (Å²) < 4.78 is 69.3. The molecule has 2 aromatic carbocycles. The Hall–Kier alpha value is -1.44. The lowest BCUT2D eigenvalue weighted by Gasteiger charge is -2.29. The lowest BCUT2D eigenvalue weighted by molar-refractivity contribution is -0.137. The molecule has 5 nitrogen and oxygen atoms in total. The Morgan fingerprint density at radius 2 is 1.73 bits per heavy atom. The topological polar surface area (TPSA) is 56.8 Å². The summed E-state index contributed by atoms with van der Waals surface area (Å²) in [5.41, 5.74) is -0.602. The average molecular weight is 486 g/mol. The van der Waals surface area contributed by atoms with Crippen LogP contribution >= 0.6 is 30.8 Å². The van der Waals surface area contributed by atoms with Crippen molar-refractivity contribution in [1.82, 2.24) is 0 Å². The van der Waals surface area contributed by atoms with E-state index in [4.69, 9.17) is 37.0 Å². The van der Waals surface area contributed by atoms with Gasteiger partial charge in [0.25, 0.3) is 0 Å². The second kappa shape index (κ2) is 10.2. The average Bonchev–Trinajstić information content (AvgIpc) is 2.65. The van der Waals surface area contributed by atoms with E-state index in [-0.39, 0.29) is 40.3 Å². The maximum absolute atomic E-state index is 13.6. The van der Waals surface area contributed by atoms with Crippen molar-refractivity contribution >= 4 is 36.5 Å². The van der Waals surface area contributed by atoms with Gasteiger partial charge in [-0.3, -0.25) is 4.57 Å². The van der Waals surface area contributed by atoms with Gasteiger partial charge < -0.3 is 19.1 Å². The normalized spacial score (nSPS) is 13.2. The molecule has 0 saturated heterocycles. The molecule has 0 radical (unpaired) electrons. The molecule has 1 unspecified atom stereocenters. The third-order valence-electron chi connectivity index (χ3n) is 3.96. The van der Waals surface area contributed by atoms with Crippen molar-refractivity contribution in [1.29, 1.82) is 0 Å². The number of ether oxygens (including phenoxy) is 1. The Bertz CT molecular complexity index is 917. The first-order chi connectivity index (χ1) is 14.1. The third-order valence-corrected chi connectivity index (χ3v) is 6.74. The lowest BCUT2D eigenvalue weighted by atomic mass is 10.1. The Morgan fingerprint density at radius 1 is 1.10 bits per heavy atom. The number of anilines is 1. The summed E-state index contributed by atoms with van der Waals surface area (Å²) in [6.07, 6.45) is -4.55. The second-order valence-corrected chi connectivity index (χ2v) is 8.97. The SMILES string of the molecule is CCOP(=O)(OCC)C(Nc1cccc(C(F)(F)F)c1)c1cc(Cl)cc(Cl)c1OC. The predicted octanol–water partition coefficient (Wildman–Crippen LogP) is 7.40. The highest BCUT2D eigenvalue weighted by atomic mass is 35.5. The number of rotatable bonds is 9. The van der Waals surface area contributed by atoms with Crippen molar-refractivity contribution in [3.63, 3.8) is 0 Å². The fourth-order valence-electron chi connectivity index (χ4n) is 2.82. The minimum absolute atomic E-state index is 0.0364. The highest BCUT2D eigenvalue weighted by molar-refractivity contribution is 7.54. The van der Waals surface area contributed by atoms with E-state index in [1.54, 1.807) is 13.8 Å². The van der Waals surface area contributed by atoms with Crippen molar-refractivity contribution in [2.45, 2.75) is 25.8 Å². The molecule has 0 saturated carbocycles. The molecule has 11 heteroatoms. The molecule has 0 aliphatic heterocycles. The van der Waals surface area contributed by atoms with E-state index in [2.05, 4.69) is 5.32 Å². The Kier molecular flexibility index (Phi) is 8.48. The van der Waals surface area contributed by atoms with Crippen LogP contribution < -0.4 is 10.1 Å².